The first-order valence-corrected chi connectivity index (χ1v) is 8.37. The van der Waals surface area contributed by atoms with Crippen LogP contribution in [0, 0.1) is 0 Å². The van der Waals surface area contributed by atoms with Crippen LogP contribution in [0.4, 0.5) is 0 Å². The Hall–Kier alpha value is -0.910. The first-order valence-electron chi connectivity index (χ1n) is 7.49. The summed E-state index contributed by atoms with van der Waals surface area (Å²) in [6.45, 7) is 4.36. The first kappa shape index (κ1) is 14.0. The van der Waals surface area contributed by atoms with Crippen LogP contribution >= 0.6 is 11.3 Å². The molecular formula is C15H23N3OS. The van der Waals surface area contributed by atoms with Gasteiger partial charge in [-0.15, -0.1) is 11.3 Å². The molecule has 0 atom stereocenters. The minimum Gasteiger partial charge on any atom is -0.337 e. The minimum atomic E-state index is 0.296. The van der Waals surface area contributed by atoms with Gasteiger partial charge in [-0.05, 0) is 43.3 Å². The lowest BCUT2D eigenvalue weighted by Crippen LogP contribution is -2.47. The Morgan fingerprint density at radius 3 is 2.95 bits per heavy atom. The molecule has 3 heterocycles. The average Bonchev–Trinajstić information content (AvgIpc) is 2.95. The maximum Gasteiger partial charge on any atom is 0.237 e. The van der Waals surface area contributed by atoms with Gasteiger partial charge in [-0.1, -0.05) is 0 Å². The van der Waals surface area contributed by atoms with Gasteiger partial charge in [-0.2, -0.15) is 0 Å². The first-order chi connectivity index (χ1) is 9.76. The van der Waals surface area contributed by atoms with Crippen LogP contribution in [0.25, 0.3) is 0 Å². The van der Waals surface area contributed by atoms with E-state index >= 15 is 0 Å². The van der Waals surface area contributed by atoms with Gasteiger partial charge in [0.15, 0.2) is 0 Å². The lowest BCUT2D eigenvalue weighted by molar-refractivity contribution is -0.133. The zero-order valence-electron chi connectivity index (χ0n) is 12.1. The van der Waals surface area contributed by atoms with Gasteiger partial charge in [0, 0.05) is 37.1 Å². The molecule has 1 aromatic rings. The summed E-state index contributed by atoms with van der Waals surface area (Å²) in [4.78, 5) is 18.2. The highest BCUT2D eigenvalue weighted by molar-refractivity contribution is 7.10. The van der Waals surface area contributed by atoms with E-state index in [1.165, 1.54) is 10.4 Å². The zero-order valence-corrected chi connectivity index (χ0v) is 12.9. The summed E-state index contributed by atoms with van der Waals surface area (Å²) in [6.07, 6.45) is 3.33. The van der Waals surface area contributed by atoms with Crippen LogP contribution in [0.5, 0.6) is 0 Å². The van der Waals surface area contributed by atoms with Crippen molar-refractivity contribution in [1.29, 1.82) is 0 Å². The number of nitrogens with zero attached hydrogens (tertiary/aromatic N) is 2. The predicted molar refractivity (Wildman–Crippen MR) is 82.0 cm³/mol. The molecule has 0 saturated carbocycles. The molecule has 20 heavy (non-hydrogen) atoms. The molecule has 2 aliphatic rings. The minimum absolute atomic E-state index is 0.296. The summed E-state index contributed by atoms with van der Waals surface area (Å²) in [7, 11) is 2.03. The topological polar surface area (TPSA) is 35.6 Å². The number of piperidine rings is 1. The molecule has 110 valence electrons. The second-order valence-electron chi connectivity index (χ2n) is 5.77. The average molecular weight is 293 g/mol. The molecule has 1 N–H and O–H groups in total. The Kier molecular flexibility index (Phi) is 4.38. The summed E-state index contributed by atoms with van der Waals surface area (Å²) in [5.41, 5.74) is 1.35. The molecule has 3 rings (SSSR count). The van der Waals surface area contributed by atoms with E-state index < -0.39 is 0 Å². The lowest BCUT2D eigenvalue weighted by Gasteiger charge is -2.34. The monoisotopic (exact) mass is 293 g/mol. The number of rotatable bonds is 3. The number of thiophene rings is 1. The number of nitrogens with one attached hydrogen (secondary N) is 1. The molecule has 0 unspecified atom stereocenters. The standard InChI is InChI=1S/C15H23N3OS/c1-16-13-2-6-17(7-3-13)11-15(19)18-8-4-14-12(10-18)5-9-20-14/h5,9,13,16H,2-4,6-8,10-11H2,1H3. The smallest absolute Gasteiger partial charge is 0.237 e. The van der Waals surface area contributed by atoms with Crippen molar-refractivity contribution >= 4 is 17.2 Å². The van der Waals surface area contributed by atoms with Crippen molar-refractivity contribution in [3.05, 3.63) is 21.9 Å². The van der Waals surface area contributed by atoms with Gasteiger partial charge in [0.1, 0.15) is 0 Å². The van der Waals surface area contributed by atoms with Gasteiger partial charge >= 0.3 is 0 Å². The molecule has 0 radical (unpaired) electrons. The van der Waals surface area contributed by atoms with Crippen LogP contribution in [0.2, 0.25) is 0 Å². The number of carbonyl (C=O) groups excluding carboxylic acids is 1. The van der Waals surface area contributed by atoms with E-state index in [-0.39, 0.29) is 0 Å². The number of fused-ring (bicyclic) bond motifs is 1. The van der Waals surface area contributed by atoms with Gasteiger partial charge in [0.2, 0.25) is 5.91 Å². The molecule has 0 aromatic carbocycles. The molecule has 0 aliphatic carbocycles. The number of likely N-dealkylation sites (tertiary alicyclic amines) is 1. The normalized spacial score (nSPS) is 20.9. The van der Waals surface area contributed by atoms with Crippen LogP contribution in [-0.4, -0.2) is 55.0 Å². The van der Waals surface area contributed by atoms with Gasteiger partial charge in [-0.3, -0.25) is 9.69 Å². The molecule has 2 aliphatic heterocycles. The summed E-state index contributed by atoms with van der Waals surface area (Å²) >= 11 is 1.82. The quantitative estimate of drug-likeness (QED) is 0.913. The Bertz CT molecular complexity index is 465. The van der Waals surface area contributed by atoms with Crippen molar-refractivity contribution in [3.63, 3.8) is 0 Å². The van der Waals surface area contributed by atoms with Gasteiger partial charge in [0.25, 0.3) is 0 Å². The van der Waals surface area contributed by atoms with Crippen LogP contribution in [-0.2, 0) is 17.8 Å². The maximum atomic E-state index is 12.4. The van der Waals surface area contributed by atoms with Crippen molar-refractivity contribution < 1.29 is 4.79 Å². The molecule has 1 aromatic heterocycles. The third kappa shape index (κ3) is 3.05. The third-order valence-electron chi connectivity index (χ3n) is 4.52. The highest BCUT2D eigenvalue weighted by atomic mass is 32.1. The Balaban J connectivity index is 1.51. The van der Waals surface area contributed by atoms with E-state index in [0.717, 1.165) is 45.4 Å². The number of amides is 1. The van der Waals surface area contributed by atoms with E-state index in [9.17, 15) is 4.79 Å². The number of hydrogen-bond acceptors (Lipinski definition) is 4. The van der Waals surface area contributed by atoms with Gasteiger partial charge in [-0.25, -0.2) is 0 Å². The molecule has 1 amide bonds. The summed E-state index contributed by atoms with van der Waals surface area (Å²) in [5.74, 6) is 0.296. The van der Waals surface area contributed by atoms with Gasteiger partial charge < -0.3 is 10.2 Å². The highest BCUT2D eigenvalue weighted by Crippen LogP contribution is 2.24. The Morgan fingerprint density at radius 2 is 2.20 bits per heavy atom. The van der Waals surface area contributed by atoms with Crippen LogP contribution in [0.15, 0.2) is 11.4 Å². The van der Waals surface area contributed by atoms with Crippen LogP contribution < -0.4 is 5.32 Å². The number of hydrogen-bond donors (Lipinski definition) is 1. The molecule has 1 saturated heterocycles. The second-order valence-corrected chi connectivity index (χ2v) is 6.77. The second kappa shape index (κ2) is 6.24. The maximum absolute atomic E-state index is 12.4. The molecule has 0 spiro atoms. The van der Waals surface area contributed by atoms with Crippen molar-refractivity contribution in [3.8, 4) is 0 Å². The van der Waals surface area contributed by atoms with E-state index in [1.807, 2.05) is 23.3 Å². The van der Waals surface area contributed by atoms with Gasteiger partial charge in [0.05, 0.1) is 6.54 Å². The highest BCUT2D eigenvalue weighted by Gasteiger charge is 2.25. The van der Waals surface area contributed by atoms with E-state index in [2.05, 4.69) is 21.7 Å². The van der Waals surface area contributed by atoms with Crippen molar-refractivity contribution in [1.82, 2.24) is 15.1 Å². The largest absolute Gasteiger partial charge is 0.337 e. The van der Waals surface area contributed by atoms with E-state index in [0.29, 0.717) is 18.5 Å². The fourth-order valence-corrected chi connectivity index (χ4v) is 4.02. The van der Waals surface area contributed by atoms with Crippen LogP contribution in [0.1, 0.15) is 23.3 Å². The molecule has 4 nitrogen and oxygen atoms in total. The van der Waals surface area contributed by atoms with E-state index in [4.69, 9.17) is 0 Å². The summed E-state index contributed by atoms with van der Waals surface area (Å²) in [5, 5.41) is 5.47. The third-order valence-corrected chi connectivity index (χ3v) is 5.54. The molecule has 5 heteroatoms. The summed E-state index contributed by atoms with van der Waals surface area (Å²) < 4.78 is 0. The SMILES string of the molecule is CNC1CCN(CC(=O)N2CCc3sccc3C2)CC1. The Labute approximate surface area is 124 Å². The fourth-order valence-electron chi connectivity index (χ4n) is 3.13. The van der Waals surface area contributed by atoms with Crippen molar-refractivity contribution in [2.24, 2.45) is 0 Å². The Morgan fingerprint density at radius 1 is 1.40 bits per heavy atom. The molecule has 1 fully saturated rings. The number of carbonyl (C=O) groups is 1. The molecular weight excluding hydrogens is 270 g/mol. The summed E-state index contributed by atoms with van der Waals surface area (Å²) in [6, 6.07) is 2.79. The van der Waals surface area contributed by atoms with Crippen molar-refractivity contribution in [2.45, 2.75) is 31.8 Å². The predicted octanol–water partition coefficient (Wildman–Crippen LogP) is 1.32. The zero-order chi connectivity index (χ0) is 13.9. The molecule has 0 bridgehead atoms. The van der Waals surface area contributed by atoms with Crippen molar-refractivity contribution in [2.75, 3.05) is 33.2 Å². The lowest BCUT2D eigenvalue weighted by atomic mass is 10.1. The van der Waals surface area contributed by atoms with Crippen LogP contribution in [0.3, 0.4) is 0 Å². The fraction of sp³-hybridized carbons (Fsp3) is 0.667. The van der Waals surface area contributed by atoms with E-state index in [1.54, 1.807) is 0 Å².